The smallest absolute Gasteiger partial charge is 0.223 e. The Hall–Kier alpha value is -1.23. The fourth-order valence-electron chi connectivity index (χ4n) is 1.29. The minimum atomic E-state index is 0.295. The highest BCUT2D eigenvalue weighted by molar-refractivity contribution is 7.80. The molecule has 0 fully saturated rings. The van der Waals surface area contributed by atoms with Gasteiger partial charge in [-0.15, -0.1) is 0 Å². The molecule has 0 aromatic carbocycles. The third-order valence-corrected chi connectivity index (χ3v) is 2.21. The average molecular weight is 224 g/mol. The van der Waals surface area contributed by atoms with Gasteiger partial charge >= 0.3 is 0 Å². The molecule has 0 spiro atoms. The molecule has 0 aliphatic rings. The predicted molar refractivity (Wildman–Crippen MR) is 65.9 cm³/mol. The second-order valence-corrected chi connectivity index (χ2v) is 3.90. The topological polar surface area (TPSA) is 63.8 Å². The first-order chi connectivity index (χ1) is 7.13. The van der Waals surface area contributed by atoms with E-state index in [1.807, 2.05) is 0 Å². The summed E-state index contributed by atoms with van der Waals surface area (Å²) in [6, 6.07) is 2.06. The van der Waals surface area contributed by atoms with Crippen LogP contribution in [0.25, 0.3) is 0 Å². The quantitative estimate of drug-likeness (QED) is 0.745. The van der Waals surface area contributed by atoms with Crippen LogP contribution in [0.3, 0.4) is 0 Å². The van der Waals surface area contributed by atoms with E-state index in [-0.39, 0.29) is 0 Å². The Morgan fingerprint density at radius 1 is 1.67 bits per heavy atom. The van der Waals surface area contributed by atoms with E-state index in [1.165, 1.54) is 0 Å². The molecule has 15 heavy (non-hydrogen) atoms. The fourth-order valence-corrected chi connectivity index (χ4v) is 1.40. The largest absolute Gasteiger partial charge is 0.388 e. The van der Waals surface area contributed by atoms with E-state index in [0.717, 1.165) is 12.8 Å². The van der Waals surface area contributed by atoms with Crippen LogP contribution in [0.5, 0.6) is 0 Å². The average Bonchev–Trinajstić information content (AvgIpc) is 2.18. The molecule has 1 atom stereocenters. The van der Waals surface area contributed by atoms with Crippen LogP contribution in [0, 0.1) is 0 Å². The summed E-state index contributed by atoms with van der Waals surface area (Å²) in [6.45, 7) is 4.24. The lowest BCUT2D eigenvalue weighted by Crippen LogP contribution is -2.19. The predicted octanol–water partition coefficient (Wildman–Crippen LogP) is 1.71. The molecule has 0 saturated carbocycles. The first kappa shape index (κ1) is 11.8. The van der Waals surface area contributed by atoms with Crippen molar-refractivity contribution in [3.63, 3.8) is 0 Å². The summed E-state index contributed by atoms with van der Waals surface area (Å²) in [6.07, 6.45) is 3.87. The Bertz CT molecular complexity index is 340. The van der Waals surface area contributed by atoms with Crippen LogP contribution in [0.2, 0.25) is 0 Å². The lowest BCUT2D eigenvalue weighted by Gasteiger charge is -2.12. The van der Waals surface area contributed by atoms with E-state index < -0.39 is 0 Å². The minimum absolute atomic E-state index is 0.295. The van der Waals surface area contributed by atoms with Gasteiger partial charge in [-0.3, -0.25) is 0 Å². The SMILES string of the molecule is CCCC(C)Nc1nccc(C(N)=S)n1. The van der Waals surface area contributed by atoms with Gasteiger partial charge in [-0.25, -0.2) is 9.97 Å². The highest BCUT2D eigenvalue weighted by atomic mass is 32.1. The summed E-state index contributed by atoms with van der Waals surface area (Å²) in [5, 5.41) is 3.20. The van der Waals surface area contributed by atoms with Gasteiger partial charge in [0.05, 0.1) is 0 Å². The van der Waals surface area contributed by atoms with Crippen LogP contribution in [-0.2, 0) is 0 Å². The van der Waals surface area contributed by atoms with Gasteiger partial charge in [0.1, 0.15) is 10.7 Å². The monoisotopic (exact) mass is 224 g/mol. The summed E-state index contributed by atoms with van der Waals surface area (Å²) in [7, 11) is 0. The van der Waals surface area contributed by atoms with Crippen molar-refractivity contribution in [1.29, 1.82) is 0 Å². The molecule has 0 aliphatic heterocycles. The number of hydrogen-bond donors (Lipinski definition) is 2. The van der Waals surface area contributed by atoms with Crippen molar-refractivity contribution in [3.8, 4) is 0 Å². The van der Waals surface area contributed by atoms with Crippen LogP contribution < -0.4 is 11.1 Å². The molecule has 1 unspecified atom stereocenters. The normalized spacial score (nSPS) is 12.1. The minimum Gasteiger partial charge on any atom is -0.388 e. The van der Waals surface area contributed by atoms with Crippen molar-refractivity contribution in [2.24, 2.45) is 5.73 Å². The zero-order valence-electron chi connectivity index (χ0n) is 9.03. The second kappa shape index (κ2) is 5.60. The Morgan fingerprint density at radius 3 is 3.00 bits per heavy atom. The highest BCUT2D eigenvalue weighted by Crippen LogP contribution is 2.05. The lowest BCUT2D eigenvalue weighted by atomic mass is 10.2. The van der Waals surface area contributed by atoms with E-state index in [2.05, 4.69) is 29.1 Å². The van der Waals surface area contributed by atoms with Gasteiger partial charge in [-0.05, 0) is 19.4 Å². The first-order valence-electron chi connectivity index (χ1n) is 5.03. The molecule has 1 heterocycles. The Labute approximate surface area is 95.3 Å². The molecule has 1 aromatic rings. The number of thiocarbonyl (C=S) groups is 1. The molecule has 3 N–H and O–H groups in total. The Kier molecular flexibility index (Phi) is 4.42. The van der Waals surface area contributed by atoms with E-state index >= 15 is 0 Å². The number of rotatable bonds is 5. The molecule has 0 radical (unpaired) electrons. The summed E-state index contributed by atoms with van der Waals surface area (Å²) < 4.78 is 0. The van der Waals surface area contributed by atoms with E-state index in [0.29, 0.717) is 22.7 Å². The number of nitrogens with two attached hydrogens (primary N) is 1. The van der Waals surface area contributed by atoms with Crippen LogP contribution in [0.15, 0.2) is 12.3 Å². The zero-order valence-corrected chi connectivity index (χ0v) is 9.84. The summed E-state index contributed by atoms with van der Waals surface area (Å²) in [5.74, 6) is 0.584. The number of hydrogen-bond acceptors (Lipinski definition) is 4. The van der Waals surface area contributed by atoms with Gasteiger partial charge < -0.3 is 11.1 Å². The van der Waals surface area contributed by atoms with Gasteiger partial charge in [0, 0.05) is 12.2 Å². The van der Waals surface area contributed by atoms with E-state index in [4.69, 9.17) is 18.0 Å². The van der Waals surface area contributed by atoms with Gasteiger partial charge in [-0.2, -0.15) is 0 Å². The maximum absolute atomic E-state index is 5.49. The molecular formula is C10H16N4S. The standard InChI is InChI=1S/C10H16N4S/c1-3-4-7(2)13-10-12-6-5-8(14-10)9(11)15/h5-7H,3-4H2,1-2H3,(H2,11,15)(H,12,13,14). The number of aromatic nitrogens is 2. The molecular weight excluding hydrogens is 208 g/mol. The molecule has 0 saturated heterocycles. The molecule has 0 amide bonds. The van der Waals surface area contributed by atoms with Crippen molar-refractivity contribution in [3.05, 3.63) is 18.0 Å². The molecule has 1 aromatic heterocycles. The molecule has 82 valence electrons. The second-order valence-electron chi connectivity index (χ2n) is 3.46. The summed E-state index contributed by atoms with van der Waals surface area (Å²) in [5.41, 5.74) is 6.09. The number of anilines is 1. The van der Waals surface area contributed by atoms with Gasteiger partial charge in [0.25, 0.3) is 0 Å². The van der Waals surface area contributed by atoms with Crippen molar-refractivity contribution in [2.75, 3.05) is 5.32 Å². The van der Waals surface area contributed by atoms with Crippen molar-refractivity contribution in [1.82, 2.24) is 9.97 Å². The van der Waals surface area contributed by atoms with Gasteiger partial charge in [0.2, 0.25) is 5.95 Å². The van der Waals surface area contributed by atoms with Crippen molar-refractivity contribution < 1.29 is 0 Å². The van der Waals surface area contributed by atoms with E-state index in [9.17, 15) is 0 Å². The number of nitrogens with zero attached hydrogens (tertiary/aromatic N) is 2. The van der Waals surface area contributed by atoms with Crippen LogP contribution in [-0.4, -0.2) is 21.0 Å². The third-order valence-electron chi connectivity index (χ3n) is 2.01. The van der Waals surface area contributed by atoms with Gasteiger partial charge in [0.15, 0.2) is 0 Å². The molecule has 1 rings (SSSR count). The van der Waals surface area contributed by atoms with Crippen LogP contribution in [0.4, 0.5) is 5.95 Å². The summed E-state index contributed by atoms with van der Waals surface area (Å²) in [4.78, 5) is 8.61. The lowest BCUT2D eigenvalue weighted by molar-refractivity contribution is 0.683. The van der Waals surface area contributed by atoms with Gasteiger partial charge in [-0.1, -0.05) is 25.6 Å². The summed E-state index contributed by atoms with van der Waals surface area (Å²) >= 11 is 4.85. The first-order valence-corrected chi connectivity index (χ1v) is 5.43. The highest BCUT2D eigenvalue weighted by Gasteiger charge is 2.04. The zero-order chi connectivity index (χ0) is 11.3. The third kappa shape index (κ3) is 3.79. The fraction of sp³-hybridized carbons (Fsp3) is 0.500. The van der Waals surface area contributed by atoms with Crippen LogP contribution >= 0.6 is 12.2 Å². The Balaban J connectivity index is 2.69. The molecule has 0 aliphatic carbocycles. The molecule has 5 heteroatoms. The van der Waals surface area contributed by atoms with E-state index in [1.54, 1.807) is 12.3 Å². The number of nitrogens with one attached hydrogen (secondary N) is 1. The van der Waals surface area contributed by atoms with Crippen molar-refractivity contribution in [2.45, 2.75) is 32.7 Å². The Morgan fingerprint density at radius 2 is 2.40 bits per heavy atom. The van der Waals surface area contributed by atoms with Crippen LogP contribution in [0.1, 0.15) is 32.4 Å². The maximum Gasteiger partial charge on any atom is 0.223 e. The maximum atomic E-state index is 5.49. The molecule has 0 bridgehead atoms. The van der Waals surface area contributed by atoms with Crippen molar-refractivity contribution >= 4 is 23.2 Å². The molecule has 4 nitrogen and oxygen atoms in total.